The molecule has 0 aromatic heterocycles. The first-order chi connectivity index (χ1) is 15.4. The lowest BCUT2D eigenvalue weighted by Gasteiger charge is -2.38. The topological polar surface area (TPSA) is 181 Å². The summed E-state index contributed by atoms with van der Waals surface area (Å²) in [5.41, 5.74) is 34.8. The van der Waals surface area contributed by atoms with Crippen LogP contribution in [0.25, 0.3) is 0 Å². The van der Waals surface area contributed by atoms with Crippen molar-refractivity contribution in [1.82, 2.24) is 24.9 Å². The molecule has 0 rings (SSSR count). The van der Waals surface area contributed by atoms with Gasteiger partial charge in [0, 0.05) is 123 Å². The summed E-state index contributed by atoms with van der Waals surface area (Å²) in [7, 11) is 0. The summed E-state index contributed by atoms with van der Waals surface area (Å²) in [6, 6.07) is 0. The number of rotatable bonds is 23. The third-order valence-electron chi connectivity index (χ3n) is 5.89. The molecule has 0 saturated carbocycles. The van der Waals surface area contributed by atoms with E-state index in [-0.39, 0.29) is 5.54 Å². The molecule has 11 heteroatoms. The van der Waals surface area contributed by atoms with E-state index >= 15 is 0 Å². The highest BCUT2D eigenvalue weighted by Crippen LogP contribution is 2.11. The van der Waals surface area contributed by atoms with Gasteiger partial charge in [-0.25, -0.2) is 0 Å². The first-order valence-corrected chi connectivity index (χ1v) is 12.2. The summed E-state index contributed by atoms with van der Waals surface area (Å²) in [5, 5.41) is 3.56. The van der Waals surface area contributed by atoms with E-state index in [0.29, 0.717) is 39.3 Å². The largest absolute Gasteiger partial charge is 0.329 e. The summed E-state index contributed by atoms with van der Waals surface area (Å²) >= 11 is 0. The van der Waals surface area contributed by atoms with Gasteiger partial charge in [0.15, 0.2) is 0 Å². The van der Waals surface area contributed by atoms with Crippen molar-refractivity contribution in [2.24, 2.45) is 34.4 Å². The fourth-order valence-corrected chi connectivity index (χ4v) is 3.69. The Balaban J connectivity index is 4.53. The van der Waals surface area contributed by atoms with E-state index in [1.54, 1.807) is 0 Å². The van der Waals surface area contributed by atoms with Crippen LogP contribution in [-0.2, 0) is 0 Å². The average molecular weight is 462 g/mol. The van der Waals surface area contributed by atoms with Crippen molar-refractivity contribution in [3.05, 3.63) is 0 Å². The summed E-state index contributed by atoms with van der Waals surface area (Å²) in [4.78, 5) is 9.45. The molecule has 0 radical (unpaired) electrons. The van der Waals surface area contributed by atoms with Crippen LogP contribution in [0.2, 0.25) is 0 Å². The van der Waals surface area contributed by atoms with Gasteiger partial charge in [-0.15, -0.1) is 0 Å². The highest BCUT2D eigenvalue weighted by molar-refractivity contribution is 4.83. The van der Waals surface area contributed by atoms with Gasteiger partial charge in [-0.3, -0.25) is 19.6 Å². The molecule has 0 amide bonds. The monoisotopic (exact) mass is 461 g/mol. The van der Waals surface area contributed by atoms with E-state index < -0.39 is 0 Å². The molecular weight excluding hydrogens is 406 g/mol. The van der Waals surface area contributed by atoms with Crippen LogP contribution >= 0.6 is 0 Å². The Bertz CT molecular complexity index is 405. The molecule has 0 heterocycles. The number of hydrogen-bond donors (Lipinski definition) is 7. The quantitative estimate of drug-likeness (QED) is 0.0587. The maximum absolute atomic E-state index is 5.94. The predicted molar refractivity (Wildman–Crippen MR) is 137 cm³/mol. The molecule has 0 bridgehead atoms. The zero-order valence-corrected chi connectivity index (χ0v) is 21.0. The SMILES string of the molecule is CC(C)(CN)N(CCN)CCNCN(CCN)CCN(CCN)CCN(CCN)CCN. The predicted octanol–water partition coefficient (Wildman–Crippen LogP) is -3.73. The van der Waals surface area contributed by atoms with Crippen molar-refractivity contribution in [1.29, 1.82) is 0 Å². The molecule has 0 aliphatic carbocycles. The molecular formula is C21H55N11. The molecule has 0 aliphatic rings. The first kappa shape index (κ1) is 31.6. The zero-order chi connectivity index (χ0) is 24.2. The van der Waals surface area contributed by atoms with Gasteiger partial charge in [-0.1, -0.05) is 0 Å². The number of nitrogens with one attached hydrogen (secondary N) is 1. The maximum Gasteiger partial charge on any atom is 0.0481 e. The number of hydrogen-bond acceptors (Lipinski definition) is 11. The second-order valence-corrected chi connectivity index (χ2v) is 8.91. The average Bonchev–Trinajstić information content (AvgIpc) is 2.77. The van der Waals surface area contributed by atoms with Crippen LogP contribution in [0.3, 0.4) is 0 Å². The van der Waals surface area contributed by atoms with Gasteiger partial charge in [-0.2, -0.15) is 0 Å². The third-order valence-corrected chi connectivity index (χ3v) is 5.89. The Morgan fingerprint density at radius 3 is 1.38 bits per heavy atom. The first-order valence-electron chi connectivity index (χ1n) is 12.2. The maximum atomic E-state index is 5.94. The molecule has 32 heavy (non-hydrogen) atoms. The third kappa shape index (κ3) is 14.7. The van der Waals surface area contributed by atoms with Crippen molar-refractivity contribution in [2.45, 2.75) is 19.4 Å². The van der Waals surface area contributed by atoms with Crippen molar-refractivity contribution < 1.29 is 0 Å². The Morgan fingerprint density at radius 2 is 0.938 bits per heavy atom. The number of nitrogens with two attached hydrogens (primary N) is 6. The number of nitrogens with zero attached hydrogens (tertiary/aromatic N) is 4. The van der Waals surface area contributed by atoms with Crippen molar-refractivity contribution >= 4 is 0 Å². The van der Waals surface area contributed by atoms with Crippen LogP contribution in [0.15, 0.2) is 0 Å². The van der Waals surface area contributed by atoms with Gasteiger partial charge in [0.1, 0.15) is 0 Å². The lowest BCUT2D eigenvalue weighted by Crippen LogP contribution is -2.53. The summed E-state index contributed by atoms with van der Waals surface area (Å²) in [6.07, 6.45) is 0. The van der Waals surface area contributed by atoms with Gasteiger partial charge < -0.3 is 39.7 Å². The minimum absolute atomic E-state index is 0.0532. The minimum Gasteiger partial charge on any atom is -0.329 e. The van der Waals surface area contributed by atoms with Gasteiger partial charge in [0.05, 0.1) is 0 Å². The van der Waals surface area contributed by atoms with Crippen LogP contribution in [0.1, 0.15) is 13.8 Å². The molecule has 0 aliphatic heterocycles. The van der Waals surface area contributed by atoms with E-state index in [1.165, 1.54) is 0 Å². The fraction of sp³-hybridized carbons (Fsp3) is 1.00. The van der Waals surface area contributed by atoms with E-state index in [0.717, 1.165) is 78.7 Å². The lowest BCUT2D eigenvalue weighted by molar-refractivity contribution is 0.127. The normalized spacial score (nSPS) is 12.8. The Hall–Kier alpha value is -0.440. The highest BCUT2D eigenvalue weighted by Gasteiger charge is 2.23. The Kier molecular flexibility index (Phi) is 19.7. The van der Waals surface area contributed by atoms with Gasteiger partial charge in [0.25, 0.3) is 0 Å². The smallest absolute Gasteiger partial charge is 0.0481 e. The van der Waals surface area contributed by atoms with Crippen molar-refractivity contribution in [3.63, 3.8) is 0 Å². The molecule has 0 aromatic carbocycles. The van der Waals surface area contributed by atoms with Crippen molar-refractivity contribution in [2.75, 3.05) is 118 Å². The summed E-state index contributed by atoms with van der Waals surface area (Å²) in [6.45, 7) is 18.9. The summed E-state index contributed by atoms with van der Waals surface area (Å²) < 4.78 is 0. The zero-order valence-electron chi connectivity index (χ0n) is 21.0. The van der Waals surface area contributed by atoms with Gasteiger partial charge in [-0.05, 0) is 13.8 Å². The Morgan fingerprint density at radius 1 is 0.531 bits per heavy atom. The summed E-state index contributed by atoms with van der Waals surface area (Å²) in [5.74, 6) is 0. The molecule has 0 unspecified atom stereocenters. The second kappa shape index (κ2) is 20.0. The van der Waals surface area contributed by atoms with Crippen LogP contribution in [-0.4, -0.2) is 143 Å². The highest BCUT2D eigenvalue weighted by atomic mass is 15.3. The molecule has 13 N–H and O–H groups in total. The van der Waals surface area contributed by atoms with Gasteiger partial charge in [0.2, 0.25) is 0 Å². The van der Waals surface area contributed by atoms with E-state index in [9.17, 15) is 0 Å². The standard InChI is InChI=1S/C21H55N11/c1-21(2,19-27)32(13-7-26)14-8-28-20-31(12-6-25)18-17-30(11-5-24)16-15-29(9-3-22)10-4-23/h28H,3-20,22-27H2,1-2H3. The van der Waals surface area contributed by atoms with E-state index in [4.69, 9.17) is 34.4 Å². The molecule has 0 saturated heterocycles. The molecule has 0 aromatic rings. The Labute approximate surface area is 197 Å². The fourth-order valence-electron chi connectivity index (χ4n) is 3.69. The van der Waals surface area contributed by atoms with Crippen LogP contribution in [0.5, 0.6) is 0 Å². The molecule has 0 spiro atoms. The van der Waals surface area contributed by atoms with E-state index in [2.05, 4.69) is 38.8 Å². The van der Waals surface area contributed by atoms with Gasteiger partial charge >= 0.3 is 0 Å². The van der Waals surface area contributed by atoms with Crippen LogP contribution in [0, 0.1) is 0 Å². The minimum atomic E-state index is -0.0532. The van der Waals surface area contributed by atoms with Crippen molar-refractivity contribution in [3.8, 4) is 0 Å². The second-order valence-electron chi connectivity index (χ2n) is 8.91. The van der Waals surface area contributed by atoms with Crippen LogP contribution in [0.4, 0.5) is 0 Å². The van der Waals surface area contributed by atoms with Crippen LogP contribution < -0.4 is 39.7 Å². The lowest BCUT2D eigenvalue weighted by atomic mass is 10.0. The molecule has 0 fully saturated rings. The van der Waals surface area contributed by atoms with E-state index in [1.807, 2.05) is 0 Å². The molecule has 0 atom stereocenters. The molecule has 194 valence electrons. The molecule has 11 nitrogen and oxygen atoms in total.